The Balaban J connectivity index is 1.77. The van der Waals surface area contributed by atoms with E-state index in [1.54, 1.807) is 0 Å². The summed E-state index contributed by atoms with van der Waals surface area (Å²) in [4.78, 5) is 0. The number of unbranched alkanes of at least 4 members (excludes halogenated alkanes) is 8. The van der Waals surface area contributed by atoms with Crippen molar-refractivity contribution in [1.29, 1.82) is 0 Å². The van der Waals surface area contributed by atoms with E-state index in [0.29, 0.717) is 102 Å². The highest BCUT2D eigenvalue weighted by Crippen LogP contribution is 2.64. The SMILES string of the molecule is CCCCCCCCCC(CN)CCCCC(CCC(N)(C(N)CCOCCCCOCCCN)C(N)CCOCCOCCC(N)CC)(C(N)(C1CCCCC1)C1CCCCC1)C(N)(C1CCCCC1)C1CCCCC1. The molecule has 0 saturated heterocycles. The third-order valence-electron chi connectivity index (χ3n) is 21.2. The normalized spacial score (nSPS) is 20.8. The minimum Gasteiger partial charge on any atom is -0.381 e. The van der Waals surface area contributed by atoms with Crippen LogP contribution < -0.4 is 45.9 Å². The van der Waals surface area contributed by atoms with Crippen molar-refractivity contribution in [3.05, 3.63) is 0 Å². The van der Waals surface area contributed by atoms with Gasteiger partial charge in [0.05, 0.1) is 13.2 Å². The summed E-state index contributed by atoms with van der Waals surface area (Å²) in [6.45, 7) is 10.7. The quantitative estimate of drug-likeness (QED) is 0.0265. The molecule has 0 spiro atoms. The second-order valence-corrected chi connectivity index (χ2v) is 26.2. The van der Waals surface area contributed by atoms with E-state index >= 15 is 0 Å². The molecule has 4 aliphatic rings. The van der Waals surface area contributed by atoms with Crippen molar-refractivity contribution in [2.24, 2.45) is 80.9 Å². The molecule has 12 nitrogen and oxygen atoms in total. The van der Waals surface area contributed by atoms with Crippen LogP contribution in [-0.4, -0.2) is 101 Å². The van der Waals surface area contributed by atoms with E-state index in [0.717, 1.165) is 64.5 Å². The van der Waals surface area contributed by atoms with Crippen LogP contribution in [0.15, 0.2) is 0 Å². The number of ether oxygens (including phenoxy) is 4. The molecule has 5 atom stereocenters. The molecule has 16 N–H and O–H groups in total. The Labute approximate surface area is 475 Å². The van der Waals surface area contributed by atoms with Crippen LogP contribution in [0.25, 0.3) is 0 Å². The van der Waals surface area contributed by atoms with E-state index < -0.39 is 22.7 Å². The third-order valence-corrected chi connectivity index (χ3v) is 21.2. The molecule has 4 aliphatic carbocycles. The molecule has 77 heavy (non-hydrogen) atoms. The zero-order valence-electron chi connectivity index (χ0n) is 50.9. The second kappa shape index (κ2) is 39.9. The summed E-state index contributed by atoms with van der Waals surface area (Å²) in [6, 6.07) is -0.607. The van der Waals surface area contributed by atoms with Crippen molar-refractivity contribution in [3.8, 4) is 0 Å². The van der Waals surface area contributed by atoms with Crippen LogP contribution in [-0.2, 0) is 18.9 Å². The zero-order valence-corrected chi connectivity index (χ0v) is 50.9. The van der Waals surface area contributed by atoms with Gasteiger partial charge in [-0.25, -0.2) is 0 Å². The van der Waals surface area contributed by atoms with Crippen LogP contribution in [0.2, 0.25) is 0 Å². The molecule has 0 aromatic rings. The van der Waals surface area contributed by atoms with Crippen molar-refractivity contribution in [2.45, 2.75) is 312 Å². The summed E-state index contributed by atoms with van der Waals surface area (Å²) in [7, 11) is 0. The predicted molar refractivity (Wildman–Crippen MR) is 327 cm³/mol. The largest absolute Gasteiger partial charge is 0.381 e. The lowest BCUT2D eigenvalue weighted by atomic mass is 9.39. The minimum atomic E-state index is -0.900. The summed E-state index contributed by atoms with van der Waals surface area (Å²) in [5.41, 5.74) is 57.8. The van der Waals surface area contributed by atoms with Gasteiger partial charge in [0.15, 0.2) is 0 Å². The maximum Gasteiger partial charge on any atom is 0.0700 e. The Morgan fingerprint density at radius 2 is 0.779 bits per heavy atom. The molecule has 0 radical (unpaired) electrons. The van der Waals surface area contributed by atoms with Crippen molar-refractivity contribution in [3.63, 3.8) is 0 Å². The summed E-state index contributed by atoms with van der Waals surface area (Å²) >= 11 is 0. The van der Waals surface area contributed by atoms with Gasteiger partial charge < -0.3 is 64.8 Å². The maximum atomic E-state index is 9.07. The van der Waals surface area contributed by atoms with E-state index in [-0.39, 0.29) is 17.5 Å². The molecule has 4 fully saturated rings. The van der Waals surface area contributed by atoms with Gasteiger partial charge in [0.25, 0.3) is 0 Å². The third kappa shape index (κ3) is 21.9. The van der Waals surface area contributed by atoms with Crippen LogP contribution in [0.3, 0.4) is 0 Å². The Bertz CT molecular complexity index is 1320. The standard InChI is InChI=1S/C65H132N8O4/c1-3-5-6-7-8-9-14-28-54(53-67)29-23-24-41-62(64(72,55-30-15-10-16-31-55)56-32-17-11-18-33-56,65(73,57-34-19-12-20-35-57)58-36-21-13-22-37-58)42-43-63(71,60(69)39-49-75-46-26-25-45-74-47-27-44-66)61(70)40-50-77-52-51-76-48-38-59(68)4-2/h54-61H,3-53,66-73H2,1-2H3. The second-order valence-electron chi connectivity index (χ2n) is 26.2. The van der Waals surface area contributed by atoms with E-state index in [1.807, 2.05) is 0 Å². The van der Waals surface area contributed by atoms with Crippen LogP contribution >= 0.6 is 0 Å². The van der Waals surface area contributed by atoms with Crippen LogP contribution in [0.4, 0.5) is 0 Å². The lowest BCUT2D eigenvalue weighted by Crippen LogP contribution is -2.79. The first-order valence-corrected chi connectivity index (χ1v) is 33.8. The molecule has 0 heterocycles. The summed E-state index contributed by atoms with van der Waals surface area (Å²) in [5.74, 6) is 2.31. The van der Waals surface area contributed by atoms with Gasteiger partial charge >= 0.3 is 0 Å². The number of nitrogens with two attached hydrogens (primary N) is 8. The van der Waals surface area contributed by atoms with E-state index in [1.165, 1.54) is 193 Å². The van der Waals surface area contributed by atoms with Crippen molar-refractivity contribution < 1.29 is 18.9 Å². The van der Waals surface area contributed by atoms with E-state index in [9.17, 15) is 0 Å². The first-order chi connectivity index (χ1) is 37.5. The highest BCUT2D eigenvalue weighted by Gasteiger charge is 2.67. The highest BCUT2D eigenvalue weighted by atomic mass is 16.5. The van der Waals surface area contributed by atoms with Gasteiger partial charge in [-0.3, -0.25) is 0 Å². The minimum absolute atomic E-state index is 0.170. The van der Waals surface area contributed by atoms with Crippen molar-refractivity contribution in [1.82, 2.24) is 0 Å². The number of rotatable bonds is 46. The van der Waals surface area contributed by atoms with Gasteiger partial charge in [-0.05, 0) is 171 Å². The van der Waals surface area contributed by atoms with Gasteiger partial charge in [-0.2, -0.15) is 0 Å². The van der Waals surface area contributed by atoms with Gasteiger partial charge in [0, 0.05) is 79.8 Å². The molecule has 0 bridgehead atoms. The molecule has 0 aliphatic heterocycles. The molecule has 0 amide bonds. The Morgan fingerprint density at radius 3 is 1.21 bits per heavy atom. The monoisotopic (exact) mass is 1090 g/mol. The molecule has 4 rings (SSSR count). The fourth-order valence-corrected chi connectivity index (χ4v) is 16.1. The summed E-state index contributed by atoms with van der Waals surface area (Å²) < 4.78 is 24.3. The molecule has 5 unspecified atom stereocenters. The Hall–Kier alpha value is -0.480. The molecule has 0 aromatic heterocycles. The van der Waals surface area contributed by atoms with E-state index in [4.69, 9.17) is 64.8 Å². The lowest BCUT2D eigenvalue weighted by Gasteiger charge is -2.69. The zero-order chi connectivity index (χ0) is 55.5. The fraction of sp³-hybridized carbons (Fsp3) is 1.00. The fourth-order valence-electron chi connectivity index (χ4n) is 16.1. The molecular formula is C65H132N8O4. The Kier molecular flexibility index (Phi) is 35.8. The topological polar surface area (TPSA) is 245 Å². The van der Waals surface area contributed by atoms with Crippen LogP contribution in [0, 0.1) is 35.0 Å². The Morgan fingerprint density at radius 1 is 0.390 bits per heavy atom. The molecule has 456 valence electrons. The number of hydrogen-bond acceptors (Lipinski definition) is 12. The van der Waals surface area contributed by atoms with Crippen LogP contribution in [0.5, 0.6) is 0 Å². The molecule has 0 aromatic carbocycles. The van der Waals surface area contributed by atoms with Crippen molar-refractivity contribution >= 4 is 0 Å². The average Bonchev–Trinajstić information content (AvgIpc) is 3.50. The maximum absolute atomic E-state index is 9.07. The van der Waals surface area contributed by atoms with Gasteiger partial charge in [-0.1, -0.05) is 149 Å². The van der Waals surface area contributed by atoms with Gasteiger partial charge in [0.1, 0.15) is 0 Å². The van der Waals surface area contributed by atoms with Gasteiger partial charge in [-0.15, -0.1) is 0 Å². The first-order valence-electron chi connectivity index (χ1n) is 33.8. The highest BCUT2D eigenvalue weighted by molar-refractivity contribution is 5.23. The predicted octanol–water partition coefficient (Wildman–Crippen LogP) is 12.2. The molecule has 4 saturated carbocycles. The number of hydrogen-bond donors (Lipinski definition) is 8. The van der Waals surface area contributed by atoms with Crippen molar-refractivity contribution in [2.75, 3.05) is 65.9 Å². The molecule has 12 heteroatoms. The summed E-state index contributed by atoms with van der Waals surface area (Å²) in [6.07, 6.45) is 47.7. The smallest absolute Gasteiger partial charge is 0.0700 e. The van der Waals surface area contributed by atoms with Crippen LogP contribution in [0.1, 0.15) is 277 Å². The van der Waals surface area contributed by atoms with Gasteiger partial charge in [0.2, 0.25) is 0 Å². The molecular weight excluding hydrogens is 957 g/mol. The first kappa shape index (κ1) is 69.0. The lowest BCUT2D eigenvalue weighted by molar-refractivity contribution is -0.136. The average molecular weight is 1090 g/mol. The summed E-state index contributed by atoms with van der Waals surface area (Å²) in [5, 5.41) is 0. The van der Waals surface area contributed by atoms with E-state index in [2.05, 4.69) is 13.8 Å².